The van der Waals surface area contributed by atoms with Crippen molar-refractivity contribution in [2.24, 2.45) is 0 Å². The standard InChI is InChI=1S/C15H19N3O3/c1-3-12-6-7-13(20-12)15(19)18-8-4-5-11(9-18)14-16-10(2)21-17-14/h6-7,11H,3-5,8-9H2,1-2H3/t11-/m1/s1. The number of likely N-dealkylation sites (tertiary alicyclic amines) is 1. The van der Waals surface area contributed by atoms with Crippen molar-refractivity contribution in [2.75, 3.05) is 13.1 Å². The minimum Gasteiger partial charge on any atom is -0.456 e. The van der Waals surface area contributed by atoms with E-state index in [-0.39, 0.29) is 11.8 Å². The first-order chi connectivity index (χ1) is 10.2. The third-order valence-corrected chi connectivity index (χ3v) is 3.84. The molecule has 0 bridgehead atoms. The summed E-state index contributed by atoms with van der Waals surface area (Å²) in [6, 6.07) is 3.61. The van der Waals surface area contributed by atoms with E-state index in [1.165, 1.54) is 0 Å². The summed E-state index contributed by atoms with van der Waals surface area (Å²) in [6.07, 6.45) is 2.70. The highest BCUT2D eigenvalue weighted by molar-refractivity contribution is 5.91. The first kappa shape index (κ1) is 13.9. The Bertz CT molecular complexity index is 632. The number of amides is 1. The summed E-state index contributed by atoms with van der Waals surface area (Å²) in [5.74, 6) is 2.59. The summed E-state index contributed by atoms with van der Waals surface area (Å²) in [7, 11) is 0. The number of nitrogens with zero attached hydrogens (tertiary/aromatic N) is 3. The van der Waals surface area contributed by atoms with Gasteiger partial charge in [0.25, 0.3) is 5.91 Å². The van der Waals surface area contributed by atoms with Crippen molar-refractivity contribution in [3.8, 4) is 0 Å². The van der Waals surface area contributed by atoms with E-state index < -0.39 is 0 Å². The predicted molar refractivity (Wildman–Crippen MR) is 75.0 cm³/mol. The van der Waals surface area contributed by atoms with Gasteiger partial charge in [0.2, 0.25) is 5.89 Å². The third kappa shape index (κ3) is 2.84. The molecule has 1 aliphatic heterocycles. The predicted octanol–water partition coefficient (Wildman–Crippen LogP) is 2.55. The molecule has 6 nitrogen and oxygen atoms in total. The molecule has 0 aliphatic carbocycles. The van der Waals surface area contributed by atoms with E-state index in [0.29, 0.717) is 24.0 Å². The molecule has 6 heteroatoms. The van der Waals surface area contributed by atoms with E-state index in [0.717, 1.165) is 31.6 Å². The van der Waals surface area contributed by atoms with Crippen LogP contribution in [0.1, 0.15) is 53.7 Å². The lowest BCUT2D eigenvalue weighted by atomic mass is 9.97. The van der Waals surface area contributed by atoms with Crippen molar-refractivity contribution in [1.29, 1.82) is 0 Å². The summed E-state index contributed by atoms with van der Waals surface area (Å²) in [5.41, 5.74) is 0. The Morgan fingerprint density at radius 2 is 2.33 bits per heavy atom. The summed E-state index contributed by atoms with van der Waals surface area (Å²) in [5, 5.41) is 3.98. The van der Waals surface area contributed by atoms with Gasteiger partial charge < -0.3 is 13.8 Å². The van der Waals surface area contributed by atoms with Crippen molar-refractivity contribution >= 4 is 5.91 Å². The van der Waals surface area contributed by atoms with Crippen LogP contribution in [0, 0.1) is 6.92 Å². The number of aromatic nitrogens is 2. The fourth-order valence-electron chi connectivity index (χ4n) is 2.69. The largest absolute Gasteiger partial charge is 0.456 e. The van der Waals surface area contributed by atoms with Gasteiger partial charge in [0.05, 0.1) is 0 Å². The molecule has 0 aromatic carbocycles. The normalized spacial score (nSPS) is 19.0. The summed E-state index contributed by atoms with van der Waals surface area (Å²) < 4.78 is 10.6. The number of furan rings is 1. The molecule has 3 heterocycles. The van der Waals surface area contributed by atoms with Crippen LogP contribution >= 0.6 is 0 Å². The Morgan fingerprint density at radius 3 is 3.00 bits per heavy atom. The van der Waals surface area contributed by atoms with E-state index in [1.54, 1.807) is 13.0 Å². The van der Waals surface area contributed by atoms with Gasteiger partial charge in [0.1, 0.15) is 5.76 Å². The van der Waals surface area contributed by atoms with Crippen molar-refractivity contribution in [3.63, 3.8) is 0 Å². The molecule has 0 spiro atoms. The molecule has 1 amide bonds. The highest BCUT2D eigenvalue weighted by Crippen LogP contribution is 2.26. The van der Waals surface area contributed by atoms with Crippen molar-refractivity contribution in [3.05, 3.63) is 35.4 Å². The average molecular weight is 289 g/mol. The van der Waals surface area contributed by atoms with Gasteiger partial charge >= 0.3 is 0 Å². The van der Waals surface area contributed by atoms with E-state index >= 15 is 0 Å². The maximum absolute atomic E-state index is 12.5. The number of rotatable bonds is 3. The number of piperidine rings is 1. The molecule has 0 N–H and O–H groups in total. The minimum atomic E-state index is -0.0559. The summed E-state index contributed by atoms with van der Waals surface area (Å²) in [6.45, 7) is 5.13. The van der Waals surface area contributed by atoms with Gasteiger partial charge in [-0.1, -0.05) is 12.1 Å². The van der Waals surface area contributed by atoms with Crippen LogP contribution in [0.5, 0.6) is 0 Å². The molecule has 0 saturated carbocycles. The lowest BCUT2D eigenvalue weighted by Crippen LogP contribution is -2.39. The van der Waals surface area contributed by atoms with Gasteiger partial charge in [-0.15, -0.1) is 0 Å². The molecule has 2 aromatic rings. The quantitative estimate of drug-likeness (QED) is 0.868. The number of aryl methyl sites for hydroxylation is 2. The molecule has 0 radical (unpaired) electrons. The van der Waals surface area contributed by atoms with Crippen LogP contribution in [0.2, 0.25) is 0 Å². The Balaban J connectivity index is 1.72. The topological polar surface area (TPSA) is 72.4 Å². The second kappa shape index (κ2) is 5.71. The molecule has 21 heavy (non-hydrogen) atoms. The fourth-order valence-corrected chi connectivity index (χ4v) is 2.69. The Hall–Kier alpha value is -2.11. The van der Waals surface area contributed by atoms with Gasteiger partial charge in [-0.25, -0.2) is 0 Å². The van der Waals surface area contributed by atoms with Crippen LogP contribution in [0.3, 0.4) is 0 Å². The van der Waals surface area contributed by atoms with Gasteiger partial charge in [-0.05, 0) is 25.0 Å². The first-order valence-corrected chi connectivity index (χ1v) is 7.35. The Labute approximate surface area is 123 Å². The van der Waals surface area contributed by atoms with Gasteiger partial charge in [0, 0.05) is 32.4 Å². The van der Waals surface area contributed by atoms with Crippen molar-refractivity contribution < 1.29 is 13.7 Å². The smallest absolute Gasteiger partial charge is 0.289 e. The maximum Gasteiger partial charge on any atom is 0.289 e. The molecule has 3 rings (SSSR count). The van der Waals surface area contributed by atoms with E-state index in [4.69, 9.17) is 8.94 Å². The first-order valence-electron chi connectivity index (χ1n) is 7.35. The van der Waals surface area contributed by atoms with E-state index in [9.17, 15) is 4.79 Å². The molecule has 1 saturated heterocycles. The zero-order valence-electron chi connectivity index (χ0n) is 12.3. The Morgan fingerprint density at radius 1 is 1.48 bits per heavy atom. The minimum absolute atomic E-state index is 0.0559. The lowest BCUT2D eigenvalue weighted by molar-refractivity contribution is 0.0669. The molecule has 112 valence electrons. The molecular weight excluding hydrogens is 270 g/mol. The van der Waals surface area contributed by atoms with Gasteiger partial charge in [-0.3, -0.25) is 4.79 Å². The SMILES string of the molecule is CCc1ccc(C(=O)N2CCC[C@@H](c3noc(C)n3)C2)o1. The lowest BCUT2D eigenvalue weighted by Gasteiger charge is -2.30. The highest BCUT2D eigenvalue weighted by atomic mass is 16.5. The molecular formula is C15H19N3O3. The molecule has 1 atom stereocenters. The molecule has 1 aliphatic rings. The van der Waals surface area contributed by atoms with Gasteiger partial charge in [-0.2, -0.15) is 4.98 Å². The van der Waals surface area contributed by atoms with Crippen molar-refractivity contribution in [1.82, 2.24) is 15.0 Å². The van der Waals surface area contributed by atoms with Crippen LogP contribution < -0.4 is 0 Å². The zero-order chi connectivity index (χ0) is 14.8. The number of hydrogen-bond acceptors (Lipinski definition) is 5. The van der Waals surface area contributed by atoms with Crippen LogP contribution in [0.4, 0.5) is 0 Å². The molecule has 2 aromatic heterocycles. The van der Waals surface area contributed by atoms with Crippen LogP contribution in [-0.2, 0) is 6.42 Å². The van der Waals surface area contributed by atoms with E-state index in [2.05, 4.69) is 10.1 Å². The number of hydrogen-bond donors (Lipinski definition) is 0. The summed E-state index contributed by atoms with van der Waals surface area (Å²) >= 11 is 0. The second-order valence-electron chi connectivity index (χ2n) is 5.38. The fraction of sp³-hybridized carbons (Fsp3) is 0.533. The van der Waals surface area contributed by atoms with Gasteiger partial charge in [0.15, 0.2) is 11.6 Å². The van der Waals surface area contributed by atoms with Crippen molar-refractivity contribution in [2.45, 2.75) is 39.0 Å². The van der Waals surface area contributed by atoms with Crippen LogP contribution in [0.15, 0.2) is 21.1 Å². The van der Waals surface area contributed by atoms with Crippen LogP contribution in [0.25, 0.3) is 0 Å². The number of carbonyl (C=O) groups is 1. The molecule has 0 unspecified atom stereocenters. The maximum atomic E-state index is 12.5. The van der Waals surface area contributed by atoms with E-state index in [1.807, 2.05) is 17.9 Å². The zero-order valence-corrected chi connectivity index (χ0v) is 12.3. The monoisotopic (exact) mass is 289 g/mol. The number of carbonyl (C=O) groups excluding carboxylic acids is 1. The highest BCUT2D eigenvalue weighted by Gasteiger charge is 2.29. The third-order valence-electron chi connectivity index (χ3n) is 3.84. The van der Waals surface area contributed by atoms with Crippen LogP contribution in [-0.4, -0.2) is 34.0 Å². The Kier molecular flexibility index (Phi) is 3.77. The summed E-state index contributed by atoms with van der Waals surface area (Å²) in [4.78, 5) is 18.6. The molecule has 1 fully saturated rings. The second-order valence-corrected chi connectivity index (χ2v) is 5.38. The average Bonchev–Trinajstić information content (AvgIpc) is 3.15.